The zero-order valence-corrected chi connectivity index (χ0v) is 16.0. The number of aromatic nitrogens is 3. The maximum atomic E-state index is 12.9. The number of nitrogens with one attached hydrogen (secondary N) is 1. The molecule has 1 aliphatic rings. The molecule has 146 valence electrons. The number of hydrogen-bond donors (Lipinski definition) is 1. The van der Waals surface area contributed by atoms with Crippen LogP contribution in [0.1, 0.15) is 12.8 Å². The highest BCUT2D eigenvalue weighted by atomic mass is 16.5. The number of fused-ring (bicyclic) bond motifs is 1. The summed E-state index contributed by atoms with van der Waals surface area (Å²) in [6.07, 6.45) is 3.69. The lowest BCUT2D eigenvalue weighted by Gasteiger charge is -2.32. The maximum Gasteiger partial charge on any atom is 0.231 e. The zero-order chi connectivity index (χ0) is 19.5. The number of amides is 1. The Morgan fingerprint density at radius 3 is 2.89 bits per heavy atom. The first kappa shape index (κ1) is 18.1. The first-order chi connectivity index (χ1) is 13.7. The Morgan fingerprint density at radius 1 is 1.18 bits per heavy atom. The van der Waals surface area contributed by atoms with Crippen molar-refractivity contribution in [2.24, 2.45) is 5.92 Å². The van der Waals surface area contributed by atoms with E-state index in [2.05, 4.69) is 20.4 Å². The summed E-state index contributed by atoms with van der Waals surface area (Å²) in [6, 6.07) is 11.1. The number of nitrogens with zero attached hydrogens (tertiary/aromatic N) is 4. The van der Waals surface area contributed by atoms with E-state index in [0.29, 0.717) is 23.7 Å². The van der Waals surface area contributed by atoms with E-state index in [4.69, 9.17) is 9.47 Å². The second-order valence-electron chi connectivity index (χ2n) is 6.77. The molecule has 0 radical (unpaired) electrons. The number of piperidine rings is 1. The fourth-order valence-electron chi connectivity index (χ4n) is 3.55. The number of rotatable bonds is 5. The van der Waals surface area contributed by atoms with Crippen molar-refractivity contribution in [3.63, 3.8) is 0 Å². The molecule has 2 aromatic heterocycles. The van der Waals surface area contributed by atoms with Crippen molar-refractivity contribution < 1.29 is 14.3 Å². The molecule has 8 heteroatoms. The topological polar surface area (TPSA) is 81.0 Å². The minimum Gasteiger partial charge on any atom is -0.497 e. The summed E-state index contributed by atoms with van der Waals surface area (Å²) in [7, 11) is 3.17. The first-order valence-corrected chi connectivity index (χ1v) is 9.27. The van der Waals surface area contributed by atoms with Gasteiger partial charge in [-0.05, 0) is 37.1 Å². The summed E-state index contributed by atoms with van der Waals surface area (Å²) in [6.45, 7) is 1.45. The van der Waals surface area contributed by atoms with Crippen molar-refractivity contribution >= 4 is 23.2 Å². The third-order valence-electron chi connectivity index (χ3n) is 5.04. The lowest BCUT2D eigenvalue weighted by Crippen LogP contribution is -2.41. The molecule has 1 amide bonds. The average molecular weight is 381 g/mol. The van der Waals surface area contributed by atoms with E-state index in [0.717, 1.165) is 31.0 Å². The standard InChI is InChI=1S/C20H23N5O3/c1-27-15-8-9-16(17(12-15)28-2)21-19(26)14-6-5-10-24(13-14)20-23-22-18-7-3-4-11-25(18)20/h3-4,7-9,11-12,14H,5-6,10,13H2,1-2H3,(H,21,26)/t14-/m0/s1. The van der Waals surface area contributed by atoms with Gasteiger partial charge in [0.15, 0.2) is 5.65 Å². The van der Waals surface area contributed by atoms with Crippen molar-refractivity contribution in [3.05, 3.63) is 42.6 Å². The molecule has 3 heterocycles. The van der Waals surface area contributed by atoms with Gasteiger partial charge in [0.2, 0.25) is 11.9 Å². The number of hydrogen-bond acceptors (Lipinski definition) is 6. The molecule has 1 aliphatic heterocycles. The molecule has 28 heavy (non-hydrogen) atoms. The Morgan fingerprint density at radius 2 is 2.07 bits per heavy atom. The van der Waals surface area contributed by atoms with E-state index < -0.39 is 0 Å². The van der Waals surface area contributed by atoms with Crippen LogP contribution in [-0.4, -0.2) is 47.8 Å². The van der Waals surface area contributed by atoms with Crippen LogP contribution >= 0.6 is 0 Å². The number of carbonyl (C=O) groups is 1. The molecule has 0 unspecified atom stereocenters. The van der Waals surface area contributed by atoms with Gasteiger partial charge in [-0.2, -0.15) is 0 Å². The molecular weight excluding hydrogens is 358 g/mol. The van der Waals surface area contributed by atoms with Crippen molar-refractivity contribution in [2.75, 3.05) is 37.5 Å². The van der Waals surface area contributed by atoms with Gasteiger partial charge in [-0.15, -0.1) is 10.2 Å². The number of pyridine rings is 1. The molecule has 1 fully saturated rings. The Labute approximate surface area is 163 Å². The summed E-state index contributed by atoms with van der Waals surface area (Å²) < 4.78 is 12.5. The van der Waals surface area contributed by atoms with Crippen LogP contribution in [0.3, 0.4) is 0 Å². The summed E-state index contributed by atoms with van der Waals surface area (Å²) in [5, 5.41) is 11.5. The number of ether oxygens (including phenoxy) is 2. The van der Waals surface area contributed by atoms with Crippen LogP contribution in [0.5, 0.6) is 11.5 Å². The van der Waals surface area contributed by atoms with Gasteiger partial charge >= 0.3 is 0 Å². The predicted octanol–water partition coefficient (Wildman–Crippen LogP) is 2.60. The SMILES string of the molecule is COc1ccc(NC(=O)[C@H]2CCCN(c3nnc4ccccn34)C2)c(OC)c1. The lowest BCUT2D eigenvalue weighted by molar-refractivity contribution is -0.120. The Bertz CT molecular complexity index is 987. The molecule has 0 bridgehead atoms. The Kier molecular flexibility index (Phi) is 5.01. The van der Waals surface area contributed by atoms with Crippen LogP contribution in [0.4, 0.5) is 11.6 Å². The van der Waals surface area contributed by atoms with Crippen molar-refractivity contribution in [1.82, 2.24) is 14.6 Å². The molecule has 4 rings (SSSR count). The third-order valence-corrected chi connectivity index (χ3v) is 5.04. The second-order valence-corrected chi connectivity index (χ2v) is 6.77. The predicted molar refractivity (Wildman–Crippen MR) is 106 cm³/mol. The molecule has 1 aromatic carbocycles. The molecule has 1 atom stereocenters. The number of benzene rings is 1. The first-order valence-electron chi connectivity index (χ1n) is 9.27. The van der Waals surface area contributed by atoms with Gasteiger partial charge in [0, 0.05) is 25.4 Å². The quantitative estimate of drug-likeness (QED) is 0.732. The van der Waals surface area contributed by atoms with Crippen LogP contribution < -0.4 is 19.7 Å². The van der Waals surface area contributed by atoms with Crippen molar-refractivity contribution in [1.29, 1.82) is 0 Å². The fraction of sp³-hybridized carbons (Fsp3) is 0.350. The van der Waals surface area contributed by atoms with Crippen molar-refractivity contribution in [2.45, 2.75) is 12.8 Å². The van der Waals surface area contributed by atoms with Crippen LogP contribution in [0.15, 0.2) is 42.6 Å². The maximum absolute atomic E-state index is 12.9. The van der Waals surface area contributed by atoms with Crippen LogP contribution in [-0.2, 0) is 4.79 Å². The van der Waals surface area contributed by atoms with E-state index in [-0.39, 0.29) is 11.8 Å². The van der Waals surface area contributed by atoms with Gasteiger partial charge in [0.25, 0.3) is 0 Å². The average Bonchev–Trinajstić information content (AvgIpc) is 3.18. The molecular formula is C20H23N5O3. The number of anilines is 2. The van der Waals surface area contributed by atoms with Crippen LogP contribution in [0, 0.1) is 5.92 Å². The summed E-state index contributed by atoms with van der Waals surface area (Å²) >= 11 is 0. The Hall–Kier alpha value is -3.29. The van der Waals surface area contributed by atoms with Gasteiger partial charge in [0.05, 0.1) is 25.8 Å². The van der Waals surface area contributed by atoms with Gasteiger partial charge in [-0.3, -0.25) is 9.20 Å². The third kappa shape index (κ3) is 3.45. The van der Waals surface area contributed by atoms with Crippen molar-refractivity contribution in [3.8, 4) is 11.5 Å². The number of carbonyl (C=O) groups excluding carboxylic acids is 1. The highest BCUT2D eigenvalue weighted by Gasteiger charge is 2.28. The van der Waals surface area contributed by atoms with E-state index >= 15 is 0 Å². The summed E-state index contributed by atoms with van der Waals surface area (Å²) in [5.74, 6) is 1.86. The Balaban J connectivity index is 1.49. The summed E-state index contributed by atoms with van der Waals surface area (Å²) in [5.41, 5.74) is 1.44. The molecule has 1 N–H and O–H groups in total. The minimum absolute atomic E-state index is 0.0259. The van der Waals surface area contributed by atoms with Gasteiger partial charge in [-0.1, -0.05) is 6.07 Å². The zero-order valence-electron chi connectivity index (χ0n) is 16.0. The normalized spacial score (nSPS) is 16.8. The van der Waals surface area contributed by atoms with Crippen LogP contribution in [0.2, 0.25) is 0 Å². The van der Waals surface area contributed by atoms with Crippen LogP contribution in [0.25, 0.3) is 5.65 Å². The minimum atomic E-state index is -0.142. The van der Waals surface area contributed by atoms with E-state index in [9.17, 15) is 4.79 Å². The monoisotopic (exact) mass is 381 g/mol. The molecule has 1 saturated heterocycles. The lowest BCUT2D eigenvalue weighted by atomic mass is 9.97. The molecule has 3 aromatic rings. The van der Waals surface area contributed by atoms with E-state index in [1.165, 1.54) is 0 Å². The summed E-state index contributed by atoms with van der Waals surface area (Å²) in [4.78, 5) is 15.0. The largest absolute Gasteiger partial charge is 0.497 e. The molecule has 0 spiro atoms. The van der Waals surface area contributed by atoms with E-state index in [1.54, 1.807) is 32.4 Å². The fourth-order valence-corrected chi connectivity index (χ4v) is 3.55. The van der Waals surface area contributed by atoms with Gasteiger partial charge < -0.3 is 19.7 Å². The van der Waals surface area contributed by atoms with Gasteiger partial charge in [-0.25, -0.2) is 0 Å². The second kappa shape index (κ2) is 7.75. The van der Waals surface area contributed by atoms with Gasteiger partial charge in [0.1, 0.15) is 11.5 Å². The molecule has 0 aliphatic carbocycles. The highest BCUT2D eigenvalue weighted by Crippen LogP contribution is 2.30. The molecule has 0 saturated carbocycles. The smallest absolute Gasteiger partial charge is 0.231 e. The van der Waals surface area contributed by atoms with E-state index in [1.807, 2.05) is 28.8 Å². The number of methoxy groups -OCH3 is 2. The highest BCUT2D eigenvalue weighted by molar-refractivity contribution is 5.94. The molecule has 8 nitrogen and oxygen atoms in total.